The molecule has 2 aliphatic rings. The van der Waals surface area contributed by atoms with E-state index in [4.69, 9.17) is 9.84 Å². The normalized spacial score (nSPS) is 22.7. The van der Waals surface area contributed by atoms with Crippen LogP contribution >= 0.6 is 15.9 Å². The smallest absolute Gasteiger partial charge is 0.303 e. The summed E-state index contributed by atoms with van der Waals surface area (Å²) in [5, 5.41) is 8.72. The second-order valence-corrected chi connectivity index (χ2v) is 6.29. The minimum atomic E-state index is -0.695. The number of hydrogen-bond acceptors (Lipinski definition) is 3. The Hall–Kier alpha value is -1.07. The van der Waals surface area contributed by atoms with Crippen molar-refractivity contribution in [3.63, 3.8) is 0 Å². The summed E-state index contributed by atoms with van der Waals surface area (Å²) >= 11 is 3.47. The van der Waals surface area contributed by atoms with Gasteiger partial charge in [-0.1, -0.05) is 15.9 Å². The third-order valence-electron chi connectivity index (χ3n) is 3.72. The van der Waals surface area contributed by atoms with Crippen LogP contribution in [0.5, 0.6) is 5.75 Å². The van der Waals surface area contributed by atoms with E-state index in [-0.39, 0.29) is 12.5 Å². The number of halogens is 1. The molecule has 0 bridgehead atoms. The van der Waals surface area contributed by atoms with Gasteiger partial charge < -0.3 is 9.84 Å². The molecule has 0 aliphatic carbocycles. The first-order chi connectivity index (χ1) is 9.10. The Bertz CT molecular complexity index is 499. The van der Waals surface area contributed by atoms with Crippen molar-refractivity contribution < 1.29 is 14.6 Å². The molecule has 0 spiro atoms. The van der Waals surface area contributed by atoms with Crippen LogP contribution in [-0.2, 0) is 11.2 Å². The van der Waals surface area contributed by atoms with E-state index in [1.54, 1.807) is 0 Å². The predicted octanol–water partition coefficient (Wildman–Crippen LogP) is 2.16. The van der Waals surface area contributed by atoms with E-state index in [0.717, 1.165) is 36.3 Å². The first-order valence-corrected chi connectivity index (χ1v) is 7.28. The molecule has 0 amide bonds. The molecule has 5 heteroatoms. The molecule has 1 unspecified atom stereocenters. The SMILES string of the molecule is O=C(O)CC1CN(CC2Cc3cc(Br)ccc3O2)C1. The van der Waals surface area contributed by atoms with Gasteiger partial charge >= 0.3 is 5.97 Å². The van der Waals surface area contributed by atoms with Crippen molar-refractivity contribution in [2.24, 2.45) is 5.92 Å². The van der Waals surface area contributed by atoms with Crippen molar-refractivity contribution >= 4 is 21.9 Å². The van der Waals surface area contributed by atoms with Gasteiger partial charge in [0.25, 0.3) is 0 Å². The molecule has 1 aromatic rings. The Morgan fingerprint density at radius 3 is 3.00 bits per heavy atom. The molecule has 1 fully saturated rings. The van der Waals surface area contributed by atoms with Crippen LogP contribution in [0.1, 0.15) is 12.0 Å². The Labute approximate surface area is 120 Å². The standard InChI is InChI=1S/C14H16BrNO3/c15-11-1-2-13-10(4-11)5-12(19-13)8-16-6-9(7-16)3-14(17)18/h1-2,4,9,12H,3,5-8H2,(H,17,18). The summed E-state index contributed by atoms with van der Waals surface area (Å²) in [4.78, 5) is 12.9. The Morgan fingerprint density at radius 1 is 1.47 bits per heavy atom. The third kappa shape index (κ3) is 2.92. The minimum Gasteiger partial charge on any atom is -0.488 e. The van der Waals surface area contributed by atoms with E-state index >= 15 is 0 Å². The summed E-state index contributed by atoms with van der Waals surface area (Å²) in [7, 11) is 0. The summed E-state index contributed by atoms with van der Waals surface area (Å²) in [6.07, 6.45) is 1.43. The molecule has 1 atom stereocenters. The number of aliphatic carboxylic acids is 1. The molecule has 1 N–H and O–H groups in total. The number of likely N-dealkylation sites (tertiary alicyclic amines) is 1. The number of carboxylic acids is 1. The van der Waals surface area contributed by atoms with Crippen molar-refractivity contribution in [1.29, 1.82) is 0 Å². The van der Waals surface area contributed by atoms with Crippen molar-refractivity contribution in [2.75, 3.05) is 19.6 Å². The van der Waals surface area contributed by atoms with E-state index < -0.39 is 5.97 Å². The van der Waals surface area contributed by atoms with Crippen LogP contribution in [0.15, 0.2) is 22.7 Å². The summed E-state index contributed by atoms with van der Waals surface area (Å²) in [6.45, 7) is 2.65. The monoisotopic (exact) mass is 325 g/mol. The third-order valence-corrected chi connectivity index (χ3v) is 4.21. The van der Waals surface area contributed by atoms with E-state index in [2.05, 4.69) is 26.9 Å². The minimum absolute atomic E-state index is 0.204. The zero-order chi connectivity index (χ0) is 13.4. The van der Waals surface area contributed by atoms with Gasteiger partial charge in [0.1, 0.15) is 11.9 Å². The molecule has 2 aliphatic heterocycles. The summed E-state index contributed by atoms with van der Waals surface area (Å²) in [5.74, 6) is 0.602. The fourth-order valence-electron chi connectivity index (χ4n) is 2.88. The second-order valence-electron chi connectivity index (χ2n) is 5.38. The highest BCUT2D eigenvalue weighted by molar-refractivity contribution is 9.10. The molecule has 1 saturated heterocycles. The molecule has 2 heterocycles. The lowest BCUT2D eigenvalue weighted by Gasteiger charge is -2.39. The fraction of sp³-hybridized carbons (Fsp3) is 0.500. The average molecular weight is 326 g/mol. The molecule has 0 radical (unpaired) electrons. The number of nitrogens with zero attached hydrogens (tertiary/aromatic N) is 1. The first kappa shape index (κ1) is 12.9. The number of benzene rings is 1. The lowest BCUT2D eigenvalue weighted by Crippen LogP contribution is -2.50. The summed E-state index contributed by atoms with van der Waals surface area (Å²) < 4.78 is 6.99. The van der Waals surface area contributed by atoms with Gasteiger partial charge in [-0.05, 0) is 29.7 Å². The molecule has 3 rings (SSSR count). The number of hydrogen-bond donors (Lipinski definition) is 1. The molecule has 0 saturated carbocycles. The predicted molar refractivity (Wildman–Crippen MR) is 74.4 cm³/mol. The van der Waals surface area contributed by atoms with Crippen LogP contribution in [0.4, 0.5) is 0 Å². The Morgan fingerprint density at radius 2 is 2.26 bits per heavy atom. The lowest BCUT2D eigenvalue weighted by atomic mass is 9.95. The average Bonchev–Trinajstić information content (AvgIpc) is 2.67. The first-order valence-electron chi connectivity index (χ1n) is 6.49. The highest BCUT2D eigenvalue weighted by atomic mass is 79.9. The van der Waals surface area contributed by atoms with E-state index in [9.17, 15) is 4.79 Å². The van der Waals surface area contributed by atoms with Crippen LogP contribution in [0.2, 0.25) is 0 Å². The molecule has 102 valence electrons. The molecule has 0 aromatic heterocycles. The van der Waals surface area contributed by atoms with E-state index in [1.807, 2.05) is 12.1 Å². The van der Waals surface area contributed by atoms with Gasteiger partial charge in [0, 0.05) is 30.5 Å². The van der Waals surface area contributed by atoms with Crippen LogP contribution in [0.25, 0.3) is 0 Å². The maximum Gasteiger partial charge on any atom is 0.303 e. The van der Waals surface area contributed by atoms with Gasteiger partial charge in [0.15, 0.2) is 0 Å². The number of rotatable bonds is 4. The summed E-state index contributed by atoms with van der Waals surface area (Å²) in [6, 6.07) is 6.11. The van der Waals surface area contributed by atoms with Gasteiger partial charge in [-0.3, -0.25) is 9.69 Å². The zero-order valence-corrected chi connectivity index (χ0v) is 12.1. The molecule has 19 heavy (non-hydrogen) atoms. The van der Waals surface area contributed by atoms with E-state index in [1.165, 1.54) is 5.56 Å². The van der Waals surface area contributed by atoms with Crippen LogP contribution in [-0.4, -0.2) is 41.7 Å². The van der Waals surface area contributed by atoms with Crippen molar-refractivity contribution in [2.45, 2.75) is 18.9 Å². The number of carboxylic acid groups (broad SMARTS) is 1. The van der Waals surface area contributed by atoms with Gasteiger partial charge in [0.2, 0.25) is 0 Å². The van der Waals surface area contributed by atoms with Gasteiger partial charge in [-0.2, -0.15) is 0 Å². The highest BCUT2D eigenvalue weighted by Crippen LogP contribution is 2.32. The van der Waals surface area contributed by atoms with Crippen molar-refractivity contribution in [3.05, 3.63) is 28.2 Å². The Kier molecular flexibility index (Phi) is 3.50. The zero-order valence-electron chi connectivity index (χ0n) is 10.5. The number of ether oxygens (including phenoxy) is 1. The van der Waals surface area contributed by atoms with Gasteiger partial charge in [-0.15, -0.1) is 0 Å². The number of carbonyl (C=O) groups is 1. The van der Waals surface area contributed by atoms with Crippen LogP contribution in [0.3, 0.4) is 0 Å². The lowest BCUT2D eigenvalue weighted by molar-refractivity contribution is -0.139. The second kappa shape index (κ2) is 5.13. The molecular weight excluding hydrogens is 310 g/mol. The number of fused-ring (bicyclic) bond motifs is 1. The quantitative estimate of drug-likeness (QED) is 0.921. The van der Waals surface area contributed by atoms with Gasteiger partial charge in [0.05, 0.1) is 6.42 Å². The van der Waals surface area contributed by atoms with Crippen molar-refractivity contribution in [1.82, 2.24) is 4.90 Å². The van der Waals surface area contributed by atoms with Gasteiger partial charge in [-0.25, -0.2) is 0 Å². The summed E-state index contributed by atoms with van der Waals surface area (Å²) in [5.41, 5.74) is 1.25. The fourth-order valence-corrected chi connectivity index (χ4v) is 3.29. The van der Waals surface area contributed by atoms with Crippen LogP contribution in [0, 0.1) is 5.92 Å². The Balaban J connectivity index is 1.48. The molecular formula is C14H16BrNO3. The maximum absolute atomic E-state index is 10.6. The maximum atomic E-state index is 10.6. The van der Waals surface area contributed by atoms with Crippen molar-refractivity contribution in [3.8, 4) is 5.75 Å². The topological polar surface area (TPSA) is 49.8 Å². The molecule has 4 nitrogen and oxygen atoms in total. The van der Waals surface area contributed by atoms with Crippen LogP contribution < -0.4 is 4.74 Å². The largest absolute Gasteiger partial charge is 0.488 e. The van der Waals surface area contributed by atoms with E-state index in [0.29, 0.717) is 5.92 Å². The molecule has 1 aromatic carbocycles. The highest BCUT2D eigenvalue weighted by Gasteiger charge is 2.32.